The smallest absolute Gasteiger partial charge is 0.475 e. The minimum atomic E-state index is -5.08. The van der Waals surface area contributed by atoms with Crippen LogP contribution in [0.2, 0.25) is 0 Å². The van der Waals surface area contributed by atoms with Crippen LogP contribution in [0.5, 0.6) is 0 Å². The average Bonchev–Trinajstić information content (AvgIpc) is 3.00. The Morgan fingerprint density at radius 2 is 1.64 bits per heavy atom. The number of rotatable bonds is 2. The zero-order valence-corrected chi connectivity index (χ0v) is 14.8. The summed E-state index contributed by atoms with van der Waals surface area (Å²) in [5.41, 5.74) is 11.4. The summed E-state index contributed by atoms with van der Waals surface area (Å²) in [5.74, 6) is -2.98. The second-order valence-electron chi connectivity index (χ2n) is 6.84. The van der Waals surface area contributed by atoms with E-state index in [2.05, 4.69) is 24.3 Å². The lowest BCUT2D eigenvalue weighted by Crippen LogP contribution is -2.43. The molecule has 0 spiro atoms. The highest BCUT2D eigenvalue weighted by molar-refractivity contribution is 5.94. The summed E-state index contributed by atoms with van der Waals surface area (Å²) in [5, 5.41) is 7.12. The second kappa shape index (κ2) is 7.27. The van der Waals surface area contributed by atoms with E-state index in [0.29, 0.717) is 12.2 Å². The molecule has 0 saturated heterocycles. The van der Waals surface area contributed by atoms with Gasteiger partial charge < -0.3 is 15.6 Å². The summed E-state index contributed by atoms with van der Waals surface area (Å²) in [6.45, 7) is 0.381. The highest BCUT2D eigenvalue weighted by Crippen LogP contribution is 2.39. The van der Waals surface area contributed by atoms with Crippen LogP contribution < -0.4 is 5.73 Å². The van der Waals surface area contributed by atoms with Gasteiger partial charge in [0, 0.05) is 11.1 Å². The largest absolute Gasteiger partial charge is 0.490 e. The standard InChI is InChI=1S/C18H17NO2.C2HF3O2/c19-18(8-1-9-18)15-5-2-12(3-6-15)13-4-7-16-14(10-13)11-21-17(16)20;3-2(4,5)1(6)7/h2-7,10H,1,8-9,11,19H2;(H,6,7). The van der Waals surface area contributed by atoms with Crippen molar-refractivity contribution in [3.05, 3.63) is 59.2 Å². The van der Waals surface area contributed by atoms with Gasteiger partial charge in [-0.25, -0.2) is 9.59 Å². The van der Waals surface area contributed by atoms with Gasteiger partial charge in [0.25, 0.3) is 0 Å². The number of halogens is 3. The fourth-order valence-corrected chi connectivity index (χ4v) is 3.15. The van der Waals surface area contributed by atoms with Crippen LogP contribution in [0.3, 0.4) is 0 Å². The number of ether oxygens (including phenoxy) is 1. The van der Waals surface area contributed by atoms with Crippen molar-refractivity contribution in [2.24, 2.45) is 5.73 Å². The van der Waals surface area contributed by atoms with Crippen LogP contribution in [0.15, 0.2) is 42.5 Å². The second-order valence-corrected chi connectivity index (χ2v) is 6.84. The Morgan fingerprint density at radius 3 is 2.14 bits per heavy atom. The number of nitrogens with two attached hydrogens (primary N) is 1. The molecule has 2 aromatic carbocycles. The van der Waals surface area contributed by atoms with Crippen LogP contribution in [0.1, 0.15) is 40.7 Å². The Morgan fingerprint density at radius 1 is 1.07 bits per heavy atom. The topological polar surface area (TPSA) is 89.6 Å². The molecule has 0 unspecified atom stereocenters. The highest BCUT2D eigenvalue weighted by Gasteiger charge is 2.38. The van der Waals surface area contributed by atoms with Gasteiger partial charge in [0.1, 0.15) is 6.61 Å². The third-order valence-electron chi connectivity index (χ3n) is 4.97. The molecule has 0 atom stereocenters. The fourth-order valence-electron chi connectivity index (χ4n) is 3.15. The van der Waals surface area contributed by atoms with Crippen LogP contribution in [0.25, 0.3) is 11.1 Å². The van der Waals surface area contributed by atoms with Crippen molar-refractivity contribution >= 4 is 11.9 Å². The first-order chi connectivity index (χ1) is 13.1. The number of esters is 1. The molecule has 0 radical (unpaired) electrons. The number of carboxylic acids is 1. The number of carbonyl (C=O) groups is 2. The number of carbonyl (C=O) groups excluding carboxylic acids is 1. The molecule has 5 nitrogen and oxygen atoms in total. The quantitative estimate of drug-likeness (QED) is 0.753. The van der Waals surface area contributed by atoms with Crippen molar-refractivity contribution in [3.63, 3.8) is 0 Å². The van der Waals surface area contributed by atoms with Gasteiger partial charge in [0.05, 0.1) is 5.56 Å². The Bertz CT molecular complexity index is 903. The van der Waals surface area contributed by atoms with Gasteiger partial charge in [-0.3, -0.25) is 0 Å². The summed E-state index contributed by atoms with van der Waals surface area (Å²) in [7, 11) is 0. The lowest BCUT2D eigenvalue weighted by molar-refractivity contribution is -0.192. The third kappa shape index (κ3) is 4.01. The van der Waals surface area contributed by atoms with Crippen molar-refractivity contribution in [1.29, 1.82) is 0 Å². The van der Waals surface area contributed by atoms with Gasteiger partial charge in [0.15, 0.2) is 0 Å². The third-order valence-corrected chi connectivity index (χ3v) is 4.97. The fraction of sp³-hybridized carbons (Fsp3) is 0.300. The van der Waals surface area contributed by atoms with E-state index in [4.69, 9.17) is 20.4 Å². The van der Waals surface area contributed by atoms with Crippen molar-refractivity contribution in [1.82, 2.24) is 0 Å². The van der Waals surface area contributed by atoms with E-state index in [1.807, 2.05) is 18.2 Å². The Kier molecular flexibility index (Phi) is 5.16. The number of carboxylic acid groups (broad SMARTS) is 1. The van der Waals surface area contributed by atoms with E-state index in [1.54, 1.807) is 0 Å². The molecule has 2 aliphatic rings. The summed E-state index contributed by atoms with van der Waals surface area (Å²) in [6, 6.07) is 14.3. The molecule has 1 aliphatic heterocycles. The molecule has 1 fully saturated rings. The number of cyclic esters (lactones) is 1. The zero-order chi connectivity index (χ0) is 20.5. The number of aliphatic carboxylic acids is 1. The van der Waals surface area contributed by atoms with E-state index in [0.717, 1.165) is 29.5 Å². The van der Waals surface area contributed by atoms with Crippen LogP contribution in [-0.4, -0.2) is 23.2 Å². The molecule has 0 bridgehead atoms. The SMILES string of the molecule is NC1(c2ccc(-c3ccc4c(c3)COC4=O)cc2)CCC1.O=C(O)C(F)(F)F. The van der Waals surface area contributed by atoms with Crippen molar-refractivity contribution < 1.29 is 32.6 Å². The molecule has 3 N–H and O–H groups in total. The molecule has 28 heavy (non-hydrogen) atoms. The molecule has 0 aromatic heterocycles. The highest BCUT2D eigenvalue weighted by atomic mass is 19.4. The normalized spacial score (nSPS) is 16.9. The Balaban J connectivity index is 0.000000279. The van der Waals surface area contributed by atoms with Crippen molar-refractivity contribution in [3.8, 4) is 11.1 Å². The van der Waals surface area contributed by atoms with Crippen LogP contribution in [0, 0.1) is 0 Å². The maximum absolute atomic E-state index is 11.5. The van der Waals surface area contributed by atoms with Crippen LogP contribution >= 0.6 is 0 Å². The first kappa shape index (κ1) is 19.9. The minimum absolute atomic E-state index is 0.114. The summed E-state index contributed by atoms with van der Waals surface area (Å²) in [4.78, 5) is 20.4. The first-order valence-corrected chi connectivity index (χ1v) is 8.60. The van der Waals surface area contributed by atoms with E-state index in [1.165, 1.54) is 12.0 Å². The molecular weight excluding hydrogens is 375 g/mol. The van der Waals surface area contributed by atoms with Gasteiger partial charge in [-0.2, -0.15) is 13.2 Å². The van der Waals surface area contributed by atoms with E-state index < -0.39 is 12.1 Å². The maximum atomic E-state index is 11.5. The summed E-state index contributed by atoms with van der Waals surface area (Å²) >= 11 is 0. The maximum Gasteiger partial charge on any atom is 0.490 e. The lowest BCUT2D eigenvalue weighted by atomic mass is 9.72. The molecule has 1 heterocycles. The van der Waals surface area contributed by atoms with Crippen molar-refractivity contribution in [2.45, 2.75) is 37.6 Å². The van der Waals surface area contributed by atoms with Crippen molar-refractivity contribution in [2.75, 3.05) is 0 Å². The van der Waals surface area contributed by atoms with E-state index in [9.17, 15) is 18.0 Å². The summed E-state index contributed by atoms with van der Waals surface area (Å²) in [6.07, 6.45) is -1.72. The molecule has 1 saturated carbocycles. The number of hydrogen-bond acceptors (Lipinski definition) is 4. The van der Waals surface area contributed by atoms with Gasteiger partial charge in [-0.15, -0.1) is 0 Å². The molecule has 8 heteroatoms. The molecular formula is C20H18F3NO4. The lowest BCUT2D eigenvalue weighted by Gasteiger charge is -2.38. The Labute approximate surface area is 158 Å². The molecule has 4 rings (SSSR count). The Hall–Kier alpha value is -2.87. The molecule has 148 valence electrons. The molecule has 1 aliphatic carbocycles. The number of alkyl halides is 3. The van der Waals surface area contributed by atoms with Gasteiger partial charge in [0.2, 0.25) is 0 Å². The first-order valence-electron chi connectivity index (χ1n) is 8.60. The van der Waals surface area contributed by atoms with Crippen LogP contribution in [0.4, 0.5) is 13.2 Å². The van der Waals surface area contributed by atoms with Gasteiger partial charge in [-0.1, -0.05) is 30.3 Å². The average molecular weight is 393 g/mol. The van der Waals surface area contributed by atoms with Gasteiger partial charge >= 0.3 is 18.1 Å². The zero-order valence-electron chi connectivity index (χ0n) is 14.8. The molecule has 2 aromatic rings. The predicted molar refractivity (Wildman–Crippen MR) is 94.4 cm³/mol. The van der Waals surface area contributed by atoms with Gasteiger partial charge in [-0.05, 0) is 48.1 Å². The minimum Gasteiger partial charge on any atom is -0.475 e. The number of fused-ring (bicyclic) bond motifs is 1. The van der Waals surface area contributed by atoms with Crippen LogP contribution in [-0.2, 0) is 21.7 Å². The number of hydrogen-bond donors (Lipinski definition) is 2. The summed E-state index contributed by atoms with van der Waals surface area (Å²) < 4.78 is 36.8. The number of benzene rings is 2. The van der Waals surface area contributed by atoms with E-state index in [-0.39, 0.29) is 11.5 Å². The predicted octanol–water partition coefficient (Wildman–Crippen LogP) is 4.00. The molecule has 0 amide bonds. The monoisotopic (exact) mass is 393 g/mol. The van der Waals surface area contributed by atoms with E-state index >= 15 is 0 Å².